The first-order valence-electron chi connectivity index (χ1n) is 18.6. The van der Waals surface area contributed by atoms with Gasteiger partial charge in [0.25, 0.3) is 11.8 Å². The summed E-state index contributed by atoms with van der Waals surface area (Å²) >= 11 is 0. The lowest BCUT2D eigenvalue weighted by Gasteiger charge is -2.40. The summed E-state index contributed by atoms with van der Waals surface area (Å²) < 4.78 is 19.5. The van der Waals surface area contributed by atoms with E-state index in [9.17, 15) is 9.90 Å². The number of aromatic nitrogens is 1. The number of para-hydroxylation sites is 1. The van der Waals surface area contributed by atoms with Gasteiger partial charge in [-0.2, -0.15) is 0 Å². The Bertz CT molecular complexity index is 2160. The zero-order valence-electron chi connectivity index (χ0n) is 29.6. The second kappa shape index (κ2) is 14.1. The molecule has 4 heterocycles. The van der Waals surface area contributed by atoms with Crippen LogP contribution >= 0.6 is 0 Å². The van der Waals surface area contributed by atoms with Crippen molar-refractivity contribution in [3.63, 3.8) is 0 Å². The predicted molar refractivity (Wildman–Crippen MR) is 201 cm³/mol. The van der Waals surface area contributed by atoms with Gasteiger partial charge in [0.15, 0.2) is 11.5 Å². The van der Waals surface area contributed by atoms with E-state index in [1.165, 1.54) is 5.56 Å². The number of nitrogens with zero attached hydrogens (tertiary/aromatic N) is 4. The third-order valence-electron chi connectivity index (χ3n) is 11.0. The molecule has 0 radical (unpaired) electrons. The molecule has 1 fully saturated rings. The first-order valence-corrected chi connectivity index (χ1v) is 18.6. The predicted octanol–water partition coefficient (Wildman–Crippen LogP) is 6.67. The minimum absolute atomic E-state index is 0.0331. The highest BCUT2D eigenvalue weighted by Crippen LogP contribution is 2.41. The summed E-state index contributed by atoms with van der Waals surface area (Å²) in [6.45, 7) is 4.40. The van der Waals surface area contributed by atoms with Crippen molar-refractivity contribution in [3.05, 3.63) is 131 Å². The van der Waals surface area contributed by atoms with Gasteiger partial charge in [-0.3, -0.25) is 19.4 Å². The number of phenols is 1. The van der Waals surface area contributed by atoms with Crippen LogP contribution in [0.4, 0.5) is 11.4 Å². The number of carbonyl (C=O) groups excluding carboxylic acids is 2. The van der Waals surface area contributed by atoms with Crippen LogP contribution in [-0.4, -0.2) is 77.0 Å². The maximum atomic E-state index is 15.1. The molecule has 9 rings (SSSR count). The fourth-order valence-electron chi connectivity index (χ4n) is 8.34. The van der Waals surface area contributed by atoms with Crippen LogP contribution in [0, 0.1) is 0 Å². The number of phenolic OH excluding ortho intramolecular Hbond substituents is 1. The maximum Gasteiger partial charge on any atom is 0.264 e. The van der Waals surface area contributed by atoms with Gasteiger partial charge in [-0.25, -0.2) is 0 Å². The molecule has 1 N–H and O–H groups in total. The molecular weight excluding hydrogens is 668 g/mol. The van der Waals surface area contributed by atoms with Gasteiger partial charge in [0.1, 0.15) is 5.75 Å². The number of benzene rings is 4. The molecule has 1 aliphatic carbocycles. The van der Waals surface area contributed by atoms with Crippen molar-refractivity contribution in [3.8, 4) is 22.9 Å². The molecule has 2 amide bonds. The van der Waals surface area contributed by atoms with Crippen molar-refractivity contribution in [1.29, 1.82) is 0 Å². The van der Waals surface area contributed by atoms with E-state index in [4.69, 9.17) is 14.2 Å². The highest BCUT2D eigenvalue weighted by Gasteiger charge is 2.36. The molecule has 3 aliphatic heterocycles. The number of ether oxygens (including phenoxy) is 3. The van der Waals surface area contributed by atoms with Crippen LogP contribution in [0.2, 0.25) is 0 Å². The third-order valence-corrected chi connectivity index (χ3v) is 11.0. The van der Waals surface area contributed by atoms with Crippen molar-refractivity contribution in [1.82, 2.24) is 14.4 Å². The lowest BCUT2D eigenvalue weighted by Crippen LogP contribution is -2.52. The van der Waals surface area contributed by atoms with E-state index in [-0.39, 0.29) is 30.4 Å². The van der Waals surface area contributed by atoms with E-state index in [0.29, 0.717) is 53.8 Å². The van der Waals surface area contributed by atoms with Crippen molar-refractivity contribution < 1.29 is 28.9 Å². The standard InChI is InChI=1S/C43H42N4O6/c48-34-16-14-32(15-17-34)47(31-10-2-1-3-11-31)43(50)37-27-46(38-13-7-6-12-35(37)38)39-24-41-40(52-28-53-41)23-36(39)42(49)45-25-30-9-5-4-8-29(30)22-33(45)26-44-18-20-51-21-19-44/h1-5,8-11,14-17,23-24,27,33,48H,6-7,12-13,18-22,25-26,28H2/t33-/m0/s1. The first-order chi connectivity index (χ1) is 26.0. The zero-order chi connectivity index (χ0) is 35.9. The van der Waals surface area contributed by atoms with Gasteiger partial charge in [-0.05, 0) is 91.3 Å². The molecule has 270 valence electrons. The van der Waals surface area contributed by atoms with E-state index in [1.807, 2.05) is 59.6 Å². The number of carbonyl (C=O) groups is 2. The van der Waals surface area contributed by atoms with Crippen LogP contribution in [0.15, 0.2) is 97.2 Å². The Morgan fingerprint density at radius 1 is 0.792 bits per heavy atom. The van der Waals surface area contributed by atoms with Crippen LogP contribution in [0.3, 0.4) is 0 Å². The van der Waals surface area contributed by atoms with Crippen molar-refractivity contribution >= 4 is 23.2 Å². The molecule has 1 atom stereocenters. The van der Waals surface area contributed by atoms with E-state index in [1.54, 1.807) is 29.2 Å². The summed E-state index contributed by atoms with van der Waals surface area (Å²) in [4.78, 5) is 36.1. The number of fused-ring (bicyclic) bond motifs is 3. The van der Waals surface area contributed by atoms with E-state index in [0.717, 1.165) is 74.2 Å². The number of anilines is 2. The lowest BCUT2D eigenvalue weighted by molar-refractivity contribution is 0.0192. The van der Waals surface area contributed by atoms with E-state index >= 15 is 4.79 Å². The quantitative estimate of drug-likeness (QED) is 0.202. The van der Waals surface area contributed by atoms with Crippen LogP contribution in [0.1, 0.15) is 55.9 Å². The van der Waals surface area contributed by atoms with Gasteiger partial charge in [0.05, 0.1) is 30.0 Å². The number of morpholine rings is 1. The second-order valence-electron chi connectivity index (χ2n) is 14.2. The van der Waals surface area contributed by atoms with Gasteiger partial charge >= 0.3 is 0 Å². The molecule has 0 unspecified atom stereocenters. The molecule has 10 nitrogen and oxygen atoms in total. The minimum Gasteiger partial charge on any atom is -0.508 e. The van der Waals surface area contributed by atoms with Gasteiger partial charge in [0.2, 0.25) is 6.79 Å². The maximum absolute atomic E-state index is 15.1. The second-order valence-corrected chi connectivity index (χ2v) is 14.2. The molecule has 1 aromatic heterocycles. The van der Waals surface area contributed by atoms with Gasteiger partial charge in [0, 0.05) is 61.6 Å². The number of hydrogen-bond donors (Lipinski definition) is 1. The van der Waals surface area contributed by atoms with Gasteiger partial charge < -0.3 is 28.8 Å². The highest BCUT2D eigenvalue weighted by atomic mass is 16.7. The van der Waals surface area contributed by atoms with Crippen LogP contribution in [-0.2, 0) is 30.5 Å². The van der Waals surface area contributed by atoms with Crippen molar-refractivity contribution in [2.75, 3.05) is 44.5 Å². The summed E-state index contributed by atoms with van der Waals surface area (Å²) in [5.74, 6) is 0.991. The Kier molecular flexibility index (Phi) is 8.85. The molecule has 4 aliphatic rings. The van der Waals surface area contributed by atoms with Gasteiger partial charge in [-0.1, -0.05) is 42.5 Å². The zero-order valence-corrected chi connectivity index (χ0v) is 29.6. The molecular formula is C43H42N4O6. The van der Waals surface area contributed by atoms with Crippen molar-refractivity contribution in [2.45, 2.75) is 44.7 Å². The third kappa shape index (κ3) is 6.32. The molecule has 0 bridgehead atoms. The summed E-state index contributed by atoms with van der Waals surface area (Å²) in [6, 6.07) is 28.4. The Hall–Kier alpha value is -5.58. The Morgan fingerprint density at radius 3 is 2.28 bits per heavy atom. The molecule has 1 saturated heterocycles. The fraction of sp³-hybridized carbons (Fsp3) is 0.302. The topological polar surface area (TPSA) is 96.7 Å². The molecule has 0 spiro atoms. The minimum atomic E-state index is -0.175. The van der Waals surface area contributed by atoms with E-state index < -0.39 is 0 Å². The Labute approximate surface area is 308 Å². The normalized spacial score (nSPS) is 18.0. The number of amides is 2. The average molecular weight is 711 g/mol. The summed E-state index contributed by atoms with van der Waals surface area (Å²) in [6.07, 6.45) is 6.14. The van der Waals surface area contributed by atoms with Crippen LogP contribution in [0.25, 0.3) is 5.69 Å². The molecule has 0 saturated carbocycles. The summed E-state index contributed by atoms with van der Waals surface area (Å²) in [5, 5.41) is 10.1. The van der Waals surface area contributed by atoms with Crippen LogP contribution in [0.5, 0.6) is 17.2 Å². The molecule has 4 aromatic carbocycles. The Balaban J connectivity index is 1.15. The molecule has 53 heavy (non-hydrogen) atoms. The Morgan fingerprint density at radius 2 is 1.49 bits per heavy atom. The highest BCUT2D eigenvalue weighted by molar-refractivity contribution is 6.12. The summed E-state index contributed by atoms with van der Waals surface area (Å²) in [7, 11) is 0. The number of hydrogen-bond acceptors (Lipinski definition) is 7. The largest absolute Gasteiger partial charge is 0.508 e. The monoisotopic (exact) mass is 710 g/mol. The lowest BCUT2D eigenvalue weighted by atomic mass is 9.92. The van der Waals surface area contributed by atoms with E-state index in [2.05, 4.69) is 27.7 Å². The van der Waals surface area contributed by atoms with Crippen molar-refractivity contribution in [2.24, 2.45) is 0 Å². The SMILES string of the molecule is O=C(c1cn(-c2cc3c(cc2C(=O)N2Cc4ccccc4C[C@H]2CN2CCOCC2)OCO3)c2c1CCCC2)N(c1ccccc1)c1ccc(O)cc1. The number of rotatable bonds is 7. The number of aromatic hydroxyl groups is 1. The smallest absolute Gasteiger partial charge is 0.264 e. The molecule has 5 aromatic rings. The average Bonchev–Trinajstić information content (AvgIpc) is 3.83. The van der Waals surface area contributed by atoms with Crippen LogP contribution < -0.4 is 14.4 Å². The summed E-state index contributed by atoms with van der Waals surface area (Å²) in [5.41, 5.74) is 7.60. The fourth-order valence-corrected chi connectivity index (χ4v) is 8.34. The first kappa shape index (κ1) is 33.3. The van der Waals surface area contributed by atoms with Gasteiger partial charge in [-0.15, -0.1) is 0 Å². The molecule has 10 heteroatoms.